The molecule has 11 N–H and O–H groups in total. The SMILES string of the molecule is COc1ccc(CCO[C@@H]2O[C@H](CO[C@@H]3O[C@H](CO)[C@@H](O)[C@H](O)[C@H]3O)[C@@H](OC(=O)/C=C/c3ccc(O)c(O)c3)[C@H](O[C@@H]3O[C@@H](C)[C@@H](O)[C@@H](O)[C@@]3(C)O)[C@H]2O)cc1O. The number of phenols is 3. The molecule has 3 saturated heterocycles. The van der Waals surface area contributed by atoms with Crippen molar-refractivity contribution >= 4 is 12.0 Å². The van der Waals surface area contributed by atoms with Crippen LogP contribution in [-0.4, -0.2) is 181 Å². The highest BCUT2D eigenvalue weighted by Gasteiger charge is 2.56. The molecule has 3 fully saturated rings. The Morgan fingerprint density at radius 1 is 0.807 bits per heavy atom. The number of rotatable bonds is 14. The number of benzene rings is 2. The molecular weight excluding hydrogens is 764 g/mol. The maximum atomic E-state index is 13.4. The fourth-order valence-corrected chi connectivity index (χ4v) is 6.49. The first-order valence-corrected chi connectivity index (χ1v) is 18.0. The number of aliphatic hydroxyl groups excluding tert-OH is 7. The maximum absolute atomic E-state index is 13.4. The molecule has 3 heterocycles. The predicted octanol–water partition coefficient (Wildman–Crippen LogP) is -2.50. The van der Waals surface area contributed by atoms with Crippen LogP contribution in [0.3, 0.4) is 0 Å². The lowest BCUT2D eigenvalue weighted by atomic mass is 9.88. The molecule has 0 unspecified atom stereocenters. The topological polar surface area (TPSA) is 313 Å². The molecular formula is C37H50O20. The van der Waals surface area contributed by atoms with E-state index in [0.717, 1.165) is 19.1 Å². The van der Waals surface area contributed by atoms with Crippen molar-refractivity contribution in [2.75, 3.05) is 26.9 Å². The molecule has 0 aromatic heterocycles. The number of hydrogen-bond donors (Lipinski definition) is 11. The lowest BCUT2D eigenvalue weighted by molar-refractivity contribution is -0.379. The normalized spacial score (nSPS) is 37.2. The molecule has 2 aromatic rings. The Kier molecular flexibility index (Phi) is 14.7. The van der Waals surface area contributed by atoms with E-state index >= 15 is 0 Å². The van der Waals surface area contributed by atoms with Gasteiger partial charge in [-0.3, -0.25) is 0 Å². The molecule has 20 heteroatoms. The highest BCUT2D eigenvalue weighted by atomic mass is 16.8. The van der Waals surface area contributed by atoms with Gasteiger partial charge in [0.1, 0.15) is 60.5 Å². The number of esters is 1. The first kappa shape index (κ1) is 44.4. The number of aliphatic hydroxyl groups is 8. The number of methoxy groups -OCH3 is 1. The van der Waals surface area contributed by atoms with Crippen molar-refractivity contribution in [3.05, 3.63) is 53.6 Å². The fraction of sp³-hybridized carbons (Fsp3) is 0.595. The predicted molar refractivity (Wildman–Crippen MR) is 189 cm³/mol. The second-order valence-corrected chi connectivity index (χ2v) is 14.1. The summed E-state index contributed by atoms with van der Waals surface area (Å²) in [4.78, 5) is 13.4. The summed E-state index contributed by atoms with van der Waals surface area (Å²) in [7, 11) is 1.39. The molecule has 0 saturated carbocycles. The molecule has 15 atom stereocenters. The van der Waals surface area contributed by atoms with Gasteiger partial charge in [0.25, 0.3) is 0 Å². The van der Waals surface area contributed by atoms with Crippen LogP contribution in [0.25, 0.3) is 6.08 Å². The Balaban J connectivity index is 1.45. The van der Waals surface area contributed by atoms with Gasteiger partial charge in [0, 0.05) is 6.08 Å². The number of ether oxygens (including phenoxy) is 8. The third-order valence-corrected chi connectivity index (χ3v) is 9.97. The van der Waals surface area contributed by atoms with Crippen LogP contribution in [0.5, 0.6) is 23.0 Å². The molecule has 0 amide bonds. The Morgan fingerprint density at radius 2 is 1.51 bits per heavy atom. The zero-order valence-electron chi connectivity index (χ0n) is 31.1. The largest absolute Gasteiger partial charge is 0.504 e. The van der Waals surface area contributed by atoms with E-state index in [4.69, 9.17) is 37.9 Å². The lowest BCUT2D eigenvalue weighted by Gasteiger charge is -2.49. The fourth-order valence-electron chi connectivity index (χ4n) is 6.49. The number of phenolic OH excluding ortho intramolecular Hbond substituents is 3. The first-order valence-electron chi connectivity index (χ1n) is 18.0. The van der Waals surface area contributed by atoms with E-state index in [2.05, 4.69) is 0 Å². The Hall–Kier alpha value is -3.71. The van der Waals surface area contributed by atoms with Gasteiger partial charge in [-0.25, -0.2) is 4.79 Å². The van der Waals surface area contributed by atoms with Gasteiger partial charge < -0.3 is 94.1 Å². The van der Waals surface area contributed by atoms with E-state index in [9.17, 15) is 61.0 Å². The summed E-state index contributed by atoms with van der Waals surface area (Å²) in [5, 5.41) is 115. The maximum Gasteiger partial charge on any atom is 0.331 e. The summed E-state index contributed by atoms with van der Waals surface area (Å²) >= 11 is 0. The molecule has 5 rings (SSSR count). The zero-order valence-corrected chi connectivity index (χ0v) is 31.1. The summed E-state index contributed by atoms with van der Waals surface area (Å²) < 4.78 is 45.8. The summed E-state index contributed by atoms with van der Waals surface area (Å²) in [6.45, 7) is 0.920. The number of hydrogen-bond acceptors (Lipinski definition) is 20. The van der Waals surface area contributed by atoms with Crippen LogP contribution in [0, 0.1) is 0 Å². The summed E-state index contributed by atoms with van der Waals surface area (Å²) in [5.74, 6) is -1.85. The molecule has 3 aliphatic rings. The van der Waals surface area contributed by atoms with Crippen molar-refractivity contribution in [3.63, 3.8) is 0 Å². The quantitative estimate of drug-likeness (QED) is 0.0534. The average Bonchev–Trinajstić information content (AvgIpc) is 3.18. The standard InChI is InChI=1S/C37H50O20/c1-16-26(43)33(48)37(2,49)36(53-16)57-32-30(47)35(51-11-10-18-5-8-22(50-3)21(41)13-18)55-24(15-52-34-29(46)28(45)27(44)23(14-38)54-34)31(32)56-25(42)9-6-17-4-7-19(39)20(40)12-17/h4-9,12-13,16,23-24,26-36,38-41,43-49H,10-11,14-15H2,1-3H3/b9-6+/t16-,23+,24+,26+,27+,28-,29+,30+,31+,32+,33+,34+,35+,36-,37+/m0/s1. The van der Waals surface area contributed by atoms with Gasteiger partial charge in [-0.2, -0.15) is 0 Å². The van der Waals surface area contributed by atoms with Gasteiger partial charge in [0.05, 0.1) is 33.0 Å². The van der Waals surface area contributed by atoms with Crippen LogP contribution in [0.2, 0.25) is 0 Å². The minimum absolute atomic E-state index is 0.134. The van der Waals surface area contributed by atoms with Crippen molar-refractivity contribution in [1.29, 1.82) is 0 Å². The smallest absolute Gasteiger partial charge is 0.331 e. The minimum atomic E-state index is -2.31. The second-order valence-electron chi connectivity index (χ2n) is 14.1. The van der Waals surface area contributed by atoms with Crippen LogP contribution >= 0.6 is 0 Å². The van der Waals surface area contributed by atoms with Crippen LogP contribution in [0.4, 0.5) is 0 Å². The van der Waals surface area contributed by atoms with Crippen molar-refractivity contribution in [2.24, 2.45) is 0 Å². The molecule has 318 valence electrons. The summed E-state index contributed by atoms with van der Waals surface area (Å²) in [5.41, 5.74) is -1.44. The van der Waals surface area contributed by atoms with E-state index in [-0.39, 0.29) is 30.1 Å². The average molecular weight is 815 g/mol. The van der Waals surface area contributed by atoms with Crippen molar-refractivity contribution in [2.45, 2.75) is 112 Å². The molecule has 0 spiro atoms. The monoisotopic (exact) mass is 814 g/mol. The van der Waals surface area contributed by atoms with Crippen molar-refractivity contribution < 1.29 is 98.9 Å². The first-order chi connectivity index (χ1) is 27.0. The van der Waals surface area contributed by atoms with Crippen LogP contribution in [-0.2, 0) is 44.4 Å². The van der Waals surface area contributed by atoms with E-state index < -0.39 is 122 Å². The highest BCUT2D eigenvalue weighted by Crippen LogP contribution is 2.36. The van der Waals surface area contributed by atoms with Crippen LogP contribution in [0.1, 0.15) is 25.0 Å². The van der Waals surface area contributed by atoms with Crippen molar-refractivity contribution in [1.82, 2.24) is 0 Å². The van der Waals surface area contributed by atoms with E-state index in [1.807, 2.05) is 0 Å². The lowest BCUT2D eigenvalue weighted by Crippen LogP contribution is -2.68. The van der Waals surface area contributed by atoms with Gasteiger partial charge in [0.15, 0.2) is 48.0 Å². The highest BCUT2D eigenvalue weighted by molar-refractivity contribution is 5.87. The molecule has 0 bridgehead atoms. The number of carbonyl (C=O) groups is 1. The molecule has 3 aliphatic heterocycles. The molecule has 0 aliphatic carbocycles. The Bertz CT molecular complexity index is 1670. The molecule has 0 radical (unpaired) electrons. The summed E-state index contributed by atoms with van der Waals surface area (Å²) in [6.07, 6.45) is -20.7. The molecule has 20 nitrogen and oxygen atoms in total. The summed E-state index contributed by atoms with van der Waals surface area (Å²) in [6, 6.07) is 8.36. The minimum Gasteiger partial charge on any atom is -0.504 e. The van der Waals surface area contributed by atoms with Crippen LogP contribution in [0.15, 0.2) is 42.5 Å². The van der Waals surface area contributed by atoms with E-state index in [0.29, 0.717) is 5.56 Å². The Morgan fingerprint density at radius 3 is 2.18 bits per heavy atom. The van der Waals surface area contributed by atoms with E-state index in [1.165, 1.54) is 44.4 Å². The van der Waals surface area contributed by atoms with Crippen molar-refractivity contribution in [3.8, 4) is 23.0 Å². The molecule has 2 aromatic carbocycles. The molecule has 57 heavy (non-hydrogen) atoms. The van der Waals surface area contributed by atoms with Gasteiger partial charge in [-0.05, 0) is 61.7 Å². The van der Waals surface area contributed by atoms with Gasteiger partial charge >= 0.3 is 5.97 Å². The Labute approximate surface area is 326 Å². The van der Waals surface area contributed by atoms with Gasteiger partial charge in [-0.1, -0.05) is 12.1 Å². The zero-order chi connectivity index (χ0) is 41.8. The second kappa shape index (κ2) is 18.9. The van der Waals surface area contributed by atoms with Gasteiger partial charge in [0.2, 0.25) is 0 Å². The number of aromatic hydroxyl groups is 3. The van der Waals surface area contributed by atoms with E-state index in [1.54, 1.807) is 6.07 Å². The third kappa shape index (κ3) is 10.1. The third-order valence-electron chi connectivity index (χ3n) is 9.97. The number of carbonyl (C=O) groups excluding carboxylic acids is 1. The van der Waals surface area contributed by atoms with Crippen LogP contribution < -0.4 is 4.74 Å². The van der Waals surface area contributed by atoms with Gasteiger partial charge in [-0.15, -0.1) is 0 Å².